The summed E-state index contributed by atoms with van der Waals surface area (Å²) in [5.41, 5.74) is 5.77. The zero-order valence-corrected chi connectivity index (χ0v) is 8.69. The lowest BCUT2D eigenvalue weighted by molar-refractivity contribution is -0.125. The van der Waals surface area contributed by atoms with Crippen molar-refractivity contribution in [3.05, 3.63) is 0 Å². The lowest BCUT2D eigenvalue weighted by atomic mass is 10.2. The summed E-state index contributed by atoms with van der Waals surface area (Å²) >= 11 is 0. The average molecular weight is 199 g/mol. The first kappa shape index (κ1) is 11.0. The van der Waals surface area contributed by atoms with E-state index in [2.05, 4.69) is 0 Å². The van der Waals surface area contributed by atoms with E-state index < -0.39 is 0 Å². The molecule has 0 radical (unpaired) electrons. The Morgan fingerprint density at radius 3 is 2.57 bits per heavy atom. The molecule has 0 saturated carbocycles. The van der Waals surface area contributed by atoms with Crippen LogP contribution in [0.1, 0.15) is 19.8 Å². The van der Waals surface area contributed by atoms with E-state index in [1.54, 1.807) is 7.05 Å². The highest BCUT2D eigenvalue weighted by Crippen LogP contribution is 2.09. The molecule has 0 bridgehead atoms. The van der Waals surface area contributed by atoms with Crippen LogP contribution in [0, 0.1) is 0 Å². The van der Waals surface area contributed by atoms with Gasteiger partial charge in [-0.1, -0.05) is 13.3 Å². The van der Waals surface area contributed by atoms with Gasteiger partial charge in [-0.15, -0.1) is 0 Å². The summed E-state index contributed by atoms with van der Waals surface area (Å²) in [6.07, 6.45) is 1.80. The summed E-state index contributed by atoms with van der Waals surface area (Å²) in [7, 11) is 1.62. The minimum absolute atomic E-state index is 0.0978. The first-order chi connectivity index (χ1) is 6.56. The molecule has 2 N–H and O–H groups in total. The second-order valence-electron chi connectivity index (χ2n) is 3.69. The monoisotopic (exact) mass is 199 g/mol. The van der Waals surface area contributed by atoms with Crippen molar-refractivity contribution in [1.29, 1.82) is 0 Å². The maximum atomic E-state index is 11.4. The van der Waals surface area contributed by atoms with Gasteiger partial charge in [0.15, 0.2) is 0 Å². The second-order valence-corrected chi connectivity index (χ2v) is 3.69. The number of hydrogen-bond acceptors (Lipinski definition) is 3. The van der Waals surface area contributed by atoms with Crippen molar-refractivity contribution in [1.82, 2.24) is 9.80 Å². The van der Waals surface area contributed by atoms with E-state index in [1.807, 2.05) is 6.92 Å². The summed E-state index contributed by atoms with van der Waals surface area (Å²) in [5.74, 6) is -0.149. The van der Waals surface area contributed by atoms with Crippen molar-refractivity contribution in [2.45, 2.75) is 25.8 Å². The molecule has 14 heavy (non-hydrogen) atoms. The molecule has 1 aliphatic rings. The SMILES string of the molecule is CCCC(N)CN1C(=O)CN(C)C1=O. The number of hydrogen-bond donors (Lipinski definition) is 1. The molecule has 1 saturated heterocycles. The summed E-state index contributed by atoms with van der Waals surface area (Å²) in [5, 5.41) is 0. The fraction of sp³-hybridized carbons (Fsp3) is 0.778. The first-order valence-electron chi connectivity index (χ1n) is 4.87. The van der Waals surface area contributed by atoms with Gasteiger partial charge < -0.3 is 10.6 Å². The minimum Gasteiger partial charge on any atom is -0.326 e. The maximum absolute atomic E-state index is 11.4. The quantitative estimate of drug-likeness (QED) is 0.648. The summed E-state index contributed by atoms with van der Waals surface area (Å²) in [6.45, 7) is 2.55. The Morgan fingerprint density at radius 2 is 2.14 bits per heavy atom. The molecular formula is C9H17N3O2. The van der Waals surface area contributed by atoms with E-state index in [0.717, 1.165) is 12.8 Å². The number of urea groups is 1. The highest BCUT2D eigenvalue weighted by Gasteiger charge is 2.33. The third-order valence-electron chi connectivity index (χ3n) is 2.31. The van der Waals surface area contributed by atoms with E-state index in [9.17, 15) is 9.59 Å². The van der Waals surface area contributed by atoms with E-state index >= 15 is 0 Å². The zero-order valence-electron chi connectivity index (χ0n) is 8.69. The topological polar surface area (TPSA) is 66.6 Å². The van der Waals surface area contributed by atoms with Crippen LogP contribution in [0.4, 0.5) is 4.79 Å². The molecule has 1 fully saturated rings. The van der Waals surface area contributed by atoms with Crippen molar-refractivity contribution >= 4 is 11.9 Å². The molecular weight excluding hydrogens is 182 g/mol. The third-order valence-corrected chi connectivity index (χ3v) is 2.31. The fourth-order valence-electron chi connectivity index (χ4n) is 1.55. The van der Waals surface area contributed by atoms with Gasteiger partial charge in [-0.05, 0) is 6.42 Å². The highest BCUT2D eigenvalue weighted by molar-refractivity contribution is 6.01. The summed E-state index contributed by atoms with van der Waals surface area (Å²) in [4.78, 5) is 25.4. The van der Waals surface area contributed by atoms with Crippen LogP contribution in [-0.2, 0) is 4.79 Å². The molecule has 1 unspecified atom stereocenters. The van der Waals surface area contributed by atoms with Crippen molar-refractivity contribution in [3.8, 4) is 0 Å². The Bertz CT molecular complexity index is 242. The number of carbonyl (C=O) groups excluding carboxylic acids is 2. The molecule has 5 nitrogen and oxygen atoms in total. The van der Waals surface area contributed by atoms with Crippen molar-refractivity contribution in [3.63, 3.8) is 0 Å². The largest absolute Gasteiger partial charge is 0.327 e. The Kier molecular flexibility index (Phi) is 3.46. The number of imide groups is 1. The van der Waals surface area contributed by atoms with Crippen LogP contribution < -0.4 is 5.73 Å². The van der Waals surface area contributed by atoms with Gasteiger partial charge in [0.2, 0.25) is 5.91 Å². The van der Waals surface area contributed by atoms with Gasteiger partial charge in [0, 0.05) is 19.6 Å². The zero-order chi connectivity index (χ0) is 10.7. The van der Waals surface area contributed by atoms with Gasteiger partial charge in [-0.25, -0.2) is 4.79 Å². The Hall–Kier alpha value is -1.10. The van der Waals surface area contributed by atoms with E-state index in [1.165, 1.54) is 9.80 Å². The summed E-state index contributed by atoms with van der Waals surface area (Å²) in [6, 6.07) is -0.332. The van der Waals surface area contributed by atoms with Crippen LogP contribution in [0.2, 0.25) is 0 Å². The van der Waals surface area contributed by atoms with Crippen molar-refractivity contribution in [2.75, 3.05) is 20.1 Å². The lowest BCUT2D eigenvalue weighted by Crippen LogP contribution is -2.41. The van der Waals surface area contributed by atoms with Crippen LogP contribution in [0.3, 0.4) is 0 Å². The Balaban J connectivity index is 2.51. The van der Waals surface area contributed by atoms with Crippen LogP contribution in [-0.4, -0.2) is 47.9 Å². The standard InChI is InChI=1S/C9H17N3O2/c1-3-4-7(10)5-12-8(13)6-11(2)9(12)14/h7H,3-6,10H2,1-2H3. The molecule has 0 aromatic heterocycles. The predicted molar refractivity (Wildman–Crippen MR) is 52.6 cm³/mol. The molecule has 5 heteroatoms. The Morgan fingerprint density at radius 1 is 1.50 bits per heavy atom. The molecule has 0 spiro atoms. The molecule has 80 valence electrons. The average Bonchev–Trinajstić information content (AvgIpc) is 2.33. The molecule has 1 atom stereocenters. The smallest absolute Gasteiger partial charge is 0.326 e. The number of carbonyl (C=O) groups is 2. The molecule has 3 amide bonds. The van der Waals surface area contributed by atoms with E-state index in [0.29, 0.717) is 6.54 Å². The lowest BCUT2D eigenvalue weighted by Gasteiger charge is -2.18. The van der Waals surface area contributed by atoms with Crippen LogP contribution >= 0.6 is 0 Å². The fourth-order valence-corrected chi connectivity index (χ4v) is 1.55. The molecule has 1 aliphatic heterocycles. The molecule has 1 rings (SSSR count). The highest BCUT2D eigenvalue weighted by atomic mass is 16.2. The number of rotatable bonds is 4. The minimum atomic E-state index is -0.235. The molecule has 0 aromatic rings. The number of amides is 3. The van der Waals surface area contributed by atoms with Gasteiger partial charge in [-0.3, -0.25) is 9.69 Å². The Labute approximate surface area is 83.8 Å². The van der Waals surface area contributed by atoms with Gasteiger partial charge in [0.05, 0.1) is 0 Å². The molecule has 1 heterocycles. The number of nitrogens with zero attached hydrogens (tertiary/aromatic N) is 2. The van der Waals surface area contributed by atoms with Crippen LogP contribution in [0.15, 0.2) is 0 Å². The first-order valence-corrected chi connectivity index (χ1v) is 4.87. The van der Waals surface area contributed by atoms with Gasteiger partial charge in [0.1, 0.15) is 6.54 Å². The van der Waals surface area contributed by atoms with Crippen LogP contribution in [0.5, 0.6) is 0 Å². The van der Waals surface area contributed by atoms with Gasteiger partial charge in [-0.2, -0.15) is 0 Å². The van der Waals surface area contributed by atoms with E-state index in [-0.39, 0.29) is 24.5 Å². The third kappa shape index (κ3) is 2.23. The van der Waals surface area contributed by atoms with E-state index in [4.69, 9.17) is 5.73 Å². The maximum Gasteiger partial charge on any atom is 0.327 e. The van der Waals surface area contributed by atoms with Crippen molar-refractivity contribution < 1.29 is 9.59 Å². The second kappa shape index (κ2) is 4.41. The van der Waals surface area contributed by atoms with Crippen LogP contribution in [0.25, 0.3) is 0 Å². The molecule has 0 aromatic carbocycles. The van der Waals surface area contributed by atoms with Gasteiger partial charge in [0.25, 0.3) is 0 Å². The number of likely N-dealkylation sites (N-methyl/N-ethyl adjacent to an activating group) is 1. The summed E-state index contributed by atoms with van der Waals surface area (Å²) < 4.78 is 0. The normalized spacial score (nSPS) is 19.4. The predicted octanol–water partition coefficient (Wildman–Crippen LogP) is 0.00780. The molecule has 0 aliphatic carbocycles. The number of nitrogens with two attached hydrogens (primary N) is 1. The van der Waals surface area contributed by atoms with Crippen molar-refractivity contribution in [2.24, 2.45) is 5.73 Å². The van der Waals surface area contributed by atoms with Gasteiger partial charge >= 0.3 is 6.03 Å².